The first kappa shape index (κ1) is 15.4. The Kier molecular flexibility index (Phi) is 4.85. The third-order valence-electron chi connectivity index (χ3n) is 2.54. The number of hydrogen-bond donors (Lipinski definition) is 0. The van der Waals surface area contributed by atoms with E-state index in [0.29, 0.717) is 0 Å². The summed E-state index contributed by atoms with van der Waals surface area (Å²) in [4.78, 5) is 3.70. The number of hydrogen-bond acceptors (Lipinski definition) is 2. The lowest BCUT2D eigenvalue weighted by molar-refractivity contribution is -0.137. The minimum absolute atomic E-state index is 0.0968. The van der Waals surface area contributed by atoms with Crippen molar-refractivity contribution in [2.75, 3.05) is 6.61 Å². The second-order valence-corrected chi connectivity index (χ2v) is 4.53. The highest BCUT2D eigenvalue weighted by Gasteiger charge is 2.31. The standard InChI is InChI=1S/C15H11ClF3NO/c16-13-9-12(15(17,18)19)10-14(20-13)21-8-4-7-11-5-2-1-3-6-11/h1-7,9-10H,8H2/b7-4+. The van der Waals surface area contributed by atoms with Crippen LogP contribution in [0, 0.1) is 0 Å². The highest BCUT2D eigenvalue weighted by Crippen LogP contribution is 2.32. The minimum atomic E-state index is -4.48. The number of halogens is 4. The largest absolute Gasteiger partial charge is 0.473 e. The molecule has 0 N–H and O–H groups in total. The van der Waals surface area contributed by atoms with Gasteiger partial charge in [0.1, 0.15) is 11.8 Å². The van der Waals surface area contributed by atoms with Crippen LogP contribution in [0.2, 0.25) is 5.15 Å². The quantitative estimate of drug-likeness (QED) is 0.753. The average molecular weight is 314 g/mol. The lowest BCUT2D eigenvalue weighted by Crippen LogP contribution is -2.06. The second-order valence-electron chi connectivity index (χ2n) is 4.14. The molecule has 2 rings (SSSR count). The van der Waals surface area contributed by atoms with Crippen LogP contribution < -0.4 is 4.74 Å². The summed E-state index contributed by atoms with van der Waals surface area (Å²) in [6, 6.07) is 11.0. The molecule has 0 amide bonds. The fourth-order valence-electron chi connectivity index (χ4n) is 1.59. The molecule has 0 aliphatic rings. The van der Waals surface area contributed by atoms with Crippen molar-refractivity contribution in [2.24, 2.45) is 0 Å². The third kappa shape index (κ3) is 4.79. The van der Waals surface area contributed by atoms with Crippen LogP contribution in [0.25, 0.3) is 6.08 Å². The van der Waals surface area contributed by atoms with E-state index in [2.05, 4.69) is 4.98 Å². The van der Waals surface area contributed by atoms with Crippen molar-refractivity contribution in [2.45, 2.75) is 6.18 Å². The lowest BCUT2D eigenvalue weighted by Gasteiger charge is -2.09. The molecule has 21 heavy (non-hydrogen) atoms. The fraction of sp³-hybridized carbons (Fsp3) is 0.133. The molecule has 1 aromatic carbocycles. The van der Waals surface area contributed by atoms with Gasteiger partial charge in [-0.3, -0.25) is 0 Å². The van der Waals surface area contributed by atoms with E-state index in [1.807, 2.05) is 30.3 Å². The molecule has 0 spiro atoms. The maximum Gasteiger partial charge on any atom is 0.416 e. The van der Waals surface area contributed by atoms with Crippen molar-refractivity contribution in [3.63, 3.8) is 0 Å². The molecule has 0 bridgehead atoms. The van der Waals surface area contributed by atoms with E-state index in [9.17, 15) is 13.2 Å². The fourth-order valence-corrected chi connectivity index (χ4v) is 1.79. The van der Waals surface area contributed by atoms with Gasteiger partial charge in [-0.1, -0.05) is 48.0 Å². The predicted octanol–water partition coefficient (Wildman–Crippen LogP) is 4.85. The highest BCUT2D eigenvalue weighted by molar-refractivity contribution is 6.29. The van der Waals surface area contributed by atoms with E-state index >= 15 is 0 Å². The molecule has 0 unspecified atom stereocenters. The second kappa shape index (κ2) is 6.63. The van der Waals surface area contributed by atoms with E-state index < -0.39 is 11.7 Å². The Labute approximate surface area is 124 Å². The Morgan fingerprint density at radius 2 is 1.86 bits per heavy atom. The van der Waals surface area contributed by atoms with Gasteiger partial charge in [0.05, 0.1) is 5.56 Å². The van der Waals surface area contributed by atoms with Crippen molar-refractivity contribution < 1.29 is 17.9 Å². The van der Waals surface area contributed by atoms with E-state index in [-0.39, 0.29) is 17.6 Å². The summed E-state index contributed by atoms with van der Waals surface area (Å²) in [5.74, 6) is -0.160. The molecule has 0 atom stereocenters. The molecule has 6 heteroatoms. The van der Waals surface area contributed by atoms with E-state index in [0.717, 1.165) is 17.7 Å². The van der Waals surface area contributed by atoms with Gasteiger partial charge in [0, 0.05) is 6.07 Å². The van der Waals surface area contributed by atoms with Gasteiger partial charge in [-0.05, 0) is 17.7 Å². The maximum atomic E-state index is 12.6. The van der Waals surface area contributed by atoms with Gasteiger partial charge in [-0.15, -0.1) is 0 Å². The van der Waals surface area contributed by atoms with Crippen LogP contribution in [0.3, 0.4) is 0 Å². The molecular formula is C15H11ClF3NO. The molecule has 110 valence electrons. The molecule has 0 fully saturated rings. The van der Waals surface area contributed by atoms with Crippen LogP contribution in [0.15, 0.2) is 48.5 Å². The number of ether oxygens (including phenoxy) is 1. The van der Waals surface area contributed by atoms with Crippen LogP contribution in [0.1, 0.15) is 11.1 Å². The Hall–Kier alpha value is -2.01. The van der Waals surface area contributed by atoms with Gasteiger partial charge in [0.25, 0.3) is 0 Å². The van der Waals surface area contributed by atoms with Gasteiger partial charge in [0.2, 0.25) is 5.88 Å². The Morgan fingerprint density at radius 1 is 1.14 bits per heavy atom. The smallest absolute Gasteiger partial charge is 0.416 e. The van der Waals surface area contributed by atoms with Gasteiger partial charge >= 0.3 is 6.18 Å². The first-order chi connectivity index (χ1) is 9.95. The minimum Gasteiger partial charge on any atom is -0.473 e. The molecule has 0 saturated heterocycles. The number of nitrogens with zero attached hydrogens (tertiary/aromatic N) is 1. The first-order valence-corrected chi connectivity index (χ1v) is 6.42. The summed E-state index contributed by atoms with van der Waals surface area (Å²) >= 11 is 5.56. The molecule has 0 aliphatic carbocycles. The number of pyridine rings is 1. The molecule has 0 radical (unpaired) electrons. The SMILES string of the molecule is FC(F)(F)c1cc(Cl)nc(OC/C=C/c2ccccc2)c1. The van der Waals surface area contributed by atoms with E-state index in [1.165, 1.54) is 0 Å². The number of aromatic nitrogens is 1. The molecule has 2 nitrogen and oxygen atoms in total. The Bertz CT molecular complexity index is 627. The monoisotopic (exact) mass is 313 g/mol. The van der Waals surface area contributed by atoms with Crippen molar-refractivity contribution in [3.8, 4) is 5.88 Å². The zero-order valence-corrected chi connectivity index (χ0v) is 11.5. The first-order valence-electron chi connectivity index (χ1n) is 6.04. The van der Waals surface area contributed by atoms with Crippen molar-refractivity contribution >= 4 is 17.7 Å². The summed E-state index contributed by atoms with van der Waals surface area (Å²) in [5, 5.41) is -0.258. The Morgan fingerprint density at radius 3 is 2.52 bits per heavy atom. The normalized spacial score (nSPS) is 11.8. The van der Waals surface area contributed by atoms with Crippen molar-refractivity contribution in [1.29, 1.82) is 0 Å². The lowest BCUT2D eigenvalue weighted by atomic mass is 10.2. The summed E-state index contributed by atoms with van der Waals surface area (Å²) in [5.41, 5.74) is 0.0840. The van der Waals surface area contributed by atoms with Gasteiger partial charge in [-0.25, -0.2) is 4.98 Å². The molecule has 2 aromatic rings. The summed E-state index contributed by atoms with van der Waals surface area (Å²) in [7, 11) is 0. The van der Waals surface area contributed by atoms with Gasteiger partial charge < -0.3 is 4.74 Å². The van der Waals surface area contributed by atoms with Crippen LogP contribution in [0.4, 0.5) is 13.2 Å². The zero-order chi connectivity index (χ0) is 15.3. The summed E-state index contributed by atoms with van der Waals surface area (Å²) in [6.45, 7) is 0.0968. The Balaban J connectivity index is 2.00. The predicted molar refractivity (Wildman–Crippen MR) is 75.2 cm³/mol. The number of benzene rings is 1. The maximum absolute atomic E-state index is 12.6. The number of rotatable bonds is 4. The number of alkyl halides is 3. The molecule has 1 heterocycles. The molecule has 0 saturated carbocycles. The van der Waals surface area contributed by atoms with Crippen LogP contribution >= 0.6 is 11.6 Å². The summed E-state index contributed by atoms with van der Waals surface area (Å²) < 4.78 is 43.0. The van der Waals surface area contributed by atoms with Crippen LogP contribution in [0.5, 0.6) is 5.88 Å². The summed E-state index contributed by atoms with van der Waals surface area (Å²) in [6.07, 6.45) is -0.995. The van der Waals surface area contributed by atoms with Crippen LogP contribution in [-0.4, -0.2) is 11.6 Å². The topological polar surface area (TPSA) is 22.1 Å². The van der Waals surface area contributed by atoms with E-state index in [1.54, 1.807) is 12.2 Å². The molecule has 0 aliphatic heterocycles. The highest BCUT2D eigenvalue weighted by atomic mass is 35.5. The molecule has 1 aromatic heterocycles. The van der Waals surface area contributed by atoms with Gasteiger partial charge in [-0.2, -0.15) is 13.2 Å². The van der Waals surface area contributed by atoms with Crippen LogP contribution in [-0.2, 0) is 6.18 Å². The van der Waals surface area contributed by atoms with Crippen molar-refractivity contribution in [1.82, 2.24) is 4.98 Å². The van der Waals surface area contributed by atoms with Gasteiger partial charge in [0.15, 0.2) is 0 Å². The molecular weight excluding hydrogens is 303 g/mol. The zero-order valence-electron chi connectivity index (χ0n) is 10.8. The van der Waals surface area contributed by atoms with E-state index in [4.69, 9.17) is 16.3 Å². The van der Waals surface area contributed by atoms with Crippen molar-refractivity contribution in [3.05, 3.63) is 64.8 Å². The third-order valence-corrected chi connectivity index (χ3v) is 2.73. The average Bonchev–Trinajstić information content (AvgIpc) is 2.43.